The standard InChI is InChI=1S/C19H18FNO2S/c20-15-5-1-13(2-6-15)17-11-19(9-10-19)12-18(17)14-3-7-16(8-4-14)24(21,22)23/h1-8,12,17H,9-11H2,(H2,21,22,23). The Morgan fingerprint density at radius 1 is 1.00 bits per heavy atom. The Labute approximate surface area is 141 Å². The van der Waals surface area contributed by atoms with Gasteiger partial charge in [-0.3, -0.25) is 0 Å². The van der Waals surface area contributed by atoms with Crippen molar-refractivity contribution in [3.05, 3.63) is 71.6 Å². The topological polar surface area (TPSA) is 60.2 Å². The highest BCUT2D eigenvalue weighted by Gasteiger charge is 2.48. The molecule has 1 atom stereocenters. The van der Waals surface area contributed by atoms with Crippen LogP contribution in [0.4, 0.5) is 4.39 Å². The normalized spacial score (nSPS) is 21.8. The average Bonchev–Trinajstić information content (AvgIpc) is 3.19. The Hall–Kier alpha value is -1.98. The Balaban J connectivity index is 1.72. The van der Waals surface area contributed by atoms with Gasteiger partial charge in [0.15, 0.2) is 0 Å². The molecule has 124 valence electrons. The van der Waals surface area contributed by atoms with Gasteiger partial charge in [0.25, 0.3) is 0 Å². The molecule has 1 fully saturated rings. The van der Waals surface area contributed by atoms with Crippen LogP contribution >= 0.6 is 0 Å². The van der Waals surface area contributed by atoms with E-state index in [4.69, 9.17) is 5.14 Å². The van der Waals surface area contributed by atoms with Crippen LogP contribution in [0.1, 0.15) is 36.3 Å². The maximum Gasteiger partial charge on any atom is 0.238 e. The molecule has 0 heterocycles. The van der Waals surface area contributed by atoms with Crippen LogP contribution < -0.4 is 5.14 Å². The molecule has 0 aromatic heterocycles. The predicted octanol–water partition coefficient (Wildman–Crippen LogP) is 3.82. The molecule has 1 saturated carbocycles. The van der Waals surface area contributed by atoms with Crippen LogP contribution in [0.3, 0.4) is 0 Å². The van der Waals surface area contributed by atoms with Crippen LogP contribution in [0.2, 0.25) is 0 Å². The van der Waals surface area contributed by atoms with Crippen LogP contribution in [0.25, 0.3) is 5.57 Å². The first kappa shape index (κ1) is 15.5. The van der Waals surface area contributed by atoms with Crippen LogP contribution in [0, 0.1) is 11.2 Å². The SMILES string of the molecule is NS(=O)(=O)c1ccc(C2=CC3(CC3)CC2c2ccc(F)cc2)cc1. The molecule has 3 nitrogen and oxygen atoms in total. The molecule has 0 amide bonds. The molecule has 2 aliphatic carbocycles. The molecule has 2 aromatic rings. The van der Waals surface area contributed by atoms with E-state index in [2.05, 4.69) is 6.08 Å². The van der Waals surface area contributed by atoms with Crippen LogP contribution in [-0.4, -0.2) is 8.42 Å². The summed E-state index contributed by atoms with van der Waals surface area (Å²) in [4.78, 5) is 0.115. The lowest BCUT2D eigenvalue weighted by molar-refractivity contribution is 0.589. The van der Waals surface area contributed by atoms with Crippen LogP contribution in [-0.2, 0) is 10.0 Å². The van der Waals surface area contributed by atoms with Gasteiger partial charge in [-0.1, -0.05) is 30.3 Å². The summed E-state index contributed by atoms with van der Waals surface area (Å²) in [6, 6.07) is 13.4. The third-order valence-electron chi connectivity index (χ3n) is 5.13. The Kier molecular flexibility index (Phi) is 3.41. The number of hydrogen-bond donors (Lipinski definition) is 1. The van der Waals surface area contributed by atoms with Gasteiger partial charge in [0.1, 0.15) is 5.82 Å². The number of halogens is 1. The zero-order chi connectivity index (χ0) is 16.9. The minimum Gasteiger partial charge on any atom is -0.225 e. The highest BCUT2D eigenvalue weighted by atomic mass is 32.2. The molecule has 2 N–H and O–H groups in total. The Morgan fingerprint density at radius 2 is 1.62 bits per heavy atom. The zero-order valence-electron chi connectivity index (χ0n) is 13.1. The van der Waals surface area contributed by atoms with Gasteiger partial charge >= 0.3 is 0 Å². The molecule has 0 aliphatic heterocycles. The van der Waals surface area contributed by atoms with E-state index in [0.717, 1.165) is 17.5 Å². The summed E-state index contributed by atoms with van der Waals surface area (Å²) >= 11 is 0. The summed E-state index contributed by atoms with van der Waals surface area (Å²) in [5, 5.41) is 5.17. The van der Waals surface area contributed by atoms with E-state index in [1.165, 1.54) is 30.5 Å². The van der Waals surface area contributed by atoms with Crippen molar-refractivity contribution in [3.8, 4) is 0 Å². The number of sulfonamides is 1. The Bertz CT molecular complexity index is 911. The molecule has 1 spiro atoms. The van der Waals surface area contributed by atoms with Crippen molar-refractivity contribution in [2.75, 3.05) is 0 Å². The summed E-state index contributed by atoms with van der Waals surface area (Å²) < 4.78 is 36.1. The van der Waals surface area contributed by atoms with Crippen molar-refractivity contribution in [1.29, 1.82) is 0 Å². The largest absolute Gasteiger partial charge is 0.238 e. The first-order valence-corrected chi connectivity index (χ1v) is 9.52. The van der Waals surface area contributed by atoms with Gasteiger partial charge < -0.3 is 0 Å². The van der Waals surface area contributed by atoms with E-state index in [0.29, 0.717) is 0 Å². The fourth-order valence-corrected chi connectivity index (χ4v) is 4.14. The number of benzene rings is 2. The van der Waals surface area contributed by atoms with Gasteiger partial charge in [-0.15, -0.1) is 0 Å². The monoisotopic (exact) mass is 343 g/mol. The van der Waals surface area contributed by atoms with Gasteiger partial charge in [-0.05, 0) is 65.6 Å². The fourth-order valence-electron chi connectivity index (χ4n) is 3.63. The van der Waals surface area contributed by atoms with Crippen molar-refractivity contribution in [2.24, 2.45) is 10.6 Å². The van der Waals surface area contributed by atoms with E-state index in [1.807, 2.05) is 24.3 Å². The number of primary sulfonamides is 1. The number of rotatable bonds is 3. The summed E-state index contributed by atoms with van der Waals surface area (Å²) in [5.74, 6) is -0.0191. The quantitative estimate of drug-likeness (QED) is 0.921. The van der Waals surface area contributed by atoms with Crippen molar-refractivity contribution < 1.29 is 12.8 Å². The van der Waals surface area contributed by atoms with E-state index in [9.17, 15) is 12.8 Å². The van der Waals surface area contributed by atoms with Gasteiger partial charge in [-0.2, -0.15) is 0 Å². The van der Waals surface area contributed by atoms with Gasteiger partial charge in [-0.25, -0.2) is 17.9 Å². The van der Waals surface area contributed by atoms with Crippen molar-refractivity contribution >= 4 is 15.6 Å². The predicted molar refractivity (Wildman–Crippen MR) is 91.2 cm³/mol. The highest BCUT2D eigenvalue weighted by molar-refractivity contribution is 7.89. The number of nitrogens with two attached hydrogens (primary N) is 1. The molecule has 2 aromatic carbocycles. The molecule has 5 heteroatoms. The van der Waals surface area contributed by atoms with Crippen molar-refractivity contribution in [2.45, 2.75) is 30.1 Å². The van der Waals surface area contributed by atoms with E-state index in [-0.39, 0.29) is 22.0 Å². The Morgan fingerprint density at radius 3 is 2.17 bits per heavy atom. The summed E-state index contributed by atoms with van der Waals surface area (Å²) in [5.41, 5.74) is 3.56. The third kappa shape index (κ3) is 2.78. The molecule has 24 heavy (non-hydrogen) atoms. The lowest BCUT2D eigenvalue weighted by atomic mass is 9.87. The molecule has 0 saturated heterocycles. The lowest BCUT2D eigenvalue weighted by Gasteiger charge is -2.17. The molecule has 2 aliphatic rings. The second kappa shape index (κ2) is 5.26. The van der Waals surface area contributed by atoms with E-state index in [1.54, 1.807) is 12.1 Å². The third-order valence-corrected chi connectivity index (χ3v) is 6.06. The minimum atomic E-state index is -3.69. The second-order valence-corrected chi connectivity index (χ2v) is 8.40. The van der Waals surface area contributed by atoms with Gasteiger partial charge in [0.05, 0.1) is 4.90 Å². The van der Waals surface area contributed by atoms with Crippen LogP contribution in [0.5, 0.6) is 0 Å². The summed E-state index contributed by atoms with van der Waals surface area (Å²) in [6.45, 7) is 0. The van der Waals surface area contributed by atoms with Crippen molar-refractivity contribution in [1.82, 2.24) is 0 Å². The van der Waals surface area contributed by atoms with Crippen molar-refractivity contribution in [3.63, 3.8) is 0 Å². The first-order chi connectivity index (χ1) is 11.4. The molecule has 1 unspecified atom stereocenters. The maximum atomic E-state index is 13.2. The lowest BCUT2D eigenvalue weighted by Crippen LogP contribution is -2.11. The molecule has 0 radical (unpaired) electrons. The second-order valence-electron chi connectivity index (χ2n) is 6.84. The average molecular weight is 343 g/mol. The molecular formula is C19H18FNO2S. The zero-order valence-corrected chi connectivity index (χ0v) is 13.9. The summed E-state index contributed by atoms with van der Waals surface area (Å²) in [7, 11) is -3.69. The van der Waals surface area contributed by atoms with E-state index < -0.39 is 10.0 Å². The molecule has 4 rings (SSSR count). The maximum absolute atomic E-state index is 13.2. The van der Waals surface area contributed by atoms with Gasteiger partial charge in [0, 0.05) is 5.92 Å². The van der Waals surface area contributed by atoms with Crippen LogP contribution in [0.15, 0.2) is 59.5 Å². The first-order valence-electron chi connectivity index (χ1n) is 7.98. The minimum absolute atomic E-state index is 0.115. The summed E-state index contributed by atoms with van der Waals surface area (Å²) in [6.07, 6.45) is 5.73. The highest BCUT2D eigenvalue weighted by Crippen LogP contribution is 2.62. The van der Waals surface area contributed by atoms with Gasteiger partial charge in [0.2, 0.25) is 10.0 Å². The number of hydrogen-bond acceptors (Lipinski definition) is 2. The molecule has 0 bridgehead atoms. The smallest absolute Gasteiger partial charge is 0.225 e. The van der Waals surface area contributed by atoms with E-state index >= 15 is 0 Å². The molecular weight excluding hydrogens is 325 g/mol. The number of allylic oxidation sites excluding steroid dienone is 2. The fraction of sp³-hybridized carbons (Fsp3) is 0.263.